The van der Waals surface area contributed by atoms with Crippen LogP contribution in [-0.4, -0.2) is 49.6 Å². The van der Waals surface area contributed by atoms with E-state index in [1.807, 2.05) is 18.2 Å². The highest BCUT2D eigenvalue weighted by atomic mass is 19.3. The molecule has 1 amide bonds. The van der Waals surface area contributed by atoms with E-state index >= 15 is 0 Å². The molecule has 0 N–H and O–H groups in total. The third-order valence-corrected chi connectivity index (χ3v) is 3.68. The molecule has 6 heteroatoms. The smallest absolute Gasteiger partial charge is 0.288 e. The Morgan fingerprint density at radius 1 is 1.32 bits per heavy atom. The third-order valence-electron chi connectivity index (χ3n) is 3.68. The van der Waals surface area contributed by atoms with Gasteiger partial charge in [-0.05, 0) is 29.3 Å². The number of benzene rings is 1. The van der Waals surface area contributed by atoms with Crippen molar-refractivity contribution in [3.63, 3.8) is 0 Å². The zero-order valence-electron chi connectivity index (χ0n) is 12.1. The summed E-state index contributed by atoms with van der Waals surface area (Å²) in [6, 6.07) is 5.65. The third kappa shape index (κ3) is 3.44. The van der Waals surface area contributed by atoms with Gasteiger partial charge in [-0.3, -0.25) is 4.79 Å². The summed E-state index contributed by atoms with van der Waals surface area (Å²) in [5.74, 6) is -2.56. The topological polar surface area (TPSA) is 38.8 Å². The fourth-order valence-electron chi connectivity index (χ4n) is 2.57. The van der Waals surface area contributed by atoms with Crippen molar-refractivity contribution in [3.05, 3.63) is 35.4 Å². The average molecular weight is 309 g/mol. The lowest BCUT2D eigenvalue weighted by Crippen LogP contribution is -2.40. The number of alkyl halides is 2. The molecule has 22 heavy (non-hydrogen) atoms. The summed E-state index contributed by atoms with van der Waals surface area (Å²) < 4.78 is 37.1. The minimum Gasteiger partial charge on any atom is -0.493 e. The van der Waals surface area contributed by atoms with E-state index in [0.29, 0.717) is 6.61 Å². The highest BCUT2D eigenvalue weighted by Gasteiger charge is 2.35. The van der Waals surface area contributed by atoms with Crippen molar-refractivity contribution in [1.29, 1.82) is 0 Å². The van der Waals surface area contributed by atoms with Gasteiger partial charge in [0.05, 0.1) is 19.8 Å². The first-order chi connectivity index (χ1) is 10.5. The lowest BCUT2D eigenvalue weighted by atomic mass is 10.1. The van der Waals surface area contributed by atoms with E-state index in [1.165, 1.54) is 6.08 Å². The van der Waals surface area contributed by atoms with Crippen LogP contribution in [0.1, 0.15) is 11.1 Å². The van der Waals surface area contributed by atoms with E-state index in [0.717, 1.165) is 28.2 Å². The molecule has 118 valence electrons. The Labute approximate surface area is 127 Å². The van der Waals surface area contributed by atoms with Crippen LogP contribution in [0.15, 0.2) is 24.3 Å². The number of carbonyl (C=O) groups excluding carboxylic acids is 1. The van der Waals surface area contributed by atoms with E-state index in [4.69, 9.17) is 9.47 Å². The van der Waals surface area contributed by atoms with Crippen LogP contribution in [0.2, 0.25) is 0 Å². The number of rotatable bonds is 2. The quantitative estimate of drug-likeness (QED) is 0.786. The SMILES string of the molecule is O=C(/C=C/c1ccc2c(c1)CCO2)N1CCOCC(F)(F)C1. The number of halogens is 2. The molecule has 0 saturated carbocycles. The minimum atomic E-state index is -3.00. The molecule has 2 heterocycles. The lowest BCUT2D eigenvalue weighted by Gasteiger charge is -2.21. The van der Waals surface area contributed by atoms with Crippen molar-refractivity contribution in [3.8, 4) is 5.75 Å². The first kappa shape index (κ1) is 15.0. The number of carbonyl (C=O) groups is 1. The van der Waals surface area contributed by atoms with Crippen LogP contribution < -0.4 is 4.74 Å². The maximum Gasteiger partial charge on any atom is 0.288 e. The van der Waals surface area contributed by atoms with Gasteiger partial charge in [0.1, 0.15) is 12.4 Å². The van der Waals surface area contributed by atoms with Gasteiger partial charge in [0.25, 0.3) is 5.92 Å². The molecule has 4 nitrogen and oxygen atoms in total. The number of fused-ring (bicyclic) bond motifs is 1. The Kier molecular flexibility index (Phi) is 4.11. The Hall–Kier alpha value is -1.95. The van der Waals surface area contributed by atoms with E-state index in [9.17, 15) is 13.6 Å². The fourth-order valence-corrected chi connectivity index (χ4v) is 2.57. The van der Waals surface area contributed by atoms with Crippen molar-refractivity contribution in [2.75, 3.05) is 32.9 Å². The second-order valence-corrected chi connectivity index (χ2v) is 5.47. The maximum atomic E-state index is 13.4. The van der Waals surface area contributed by atoms with Crippen molar-refractivity contribution < 1.29 is 23.0 Å². The normalized spacial score (nSPS) is 20.5. The summed E-state index contributed by atoms with van der Waals surface area (Å²) in [7, 11) is 0. The average Bonchev–Trinajstić information content (AvgIpc) is 2.87. The second-order valence-electron chi connectivity index (χ2n) is 5.47. The molecule has 1 aromatic rings. The van der Waals surface area contributed by atoms with Gasteiger partial charge in [0, 0.05) is 19.0 Å². The predicted molar refractivity (Wildman–Crippen MR) is 77.0 cm³/mol. The zero-order valence-corrected chi connectivity index (χ0v) is 12.1. The van der Waals surface area contributed by atoms with Gasteiger partial charge in [-0.25, -0.2) is 8.78 Å². The molecule has 0 radical (unpaired) electrons. The van der Waals surface area contributed by atoms with Crippen LogP contribution in [0.4, 0.5) is 8.78 Å². The monoisotopic (exact) mass is 309 g/mol. The molecular weight excluding hydrogens is 292 g/mol. The van der Waals surface area contributed by atoms with Gasteiger partial charge in [-0.1, -0.05) is 6.07 Å². The second kappa shape index (κ2) is 6.04. The van der Waals surface area contributed by atoms with Crippen molar-refractivity contribution >= 4 is 12.0 Å². The molecule has 0 aliphatic carbocycles. The summed E-state index contributed by atoms with van der Waals surface area (Å²) >= 11 is 0. The number of amides is 1. The van der Waals surface area contributed by atoms with Crippen molar-refractivity contribution in [2.45, 2.75) is 12.3 Å². The number of nitrogens with zero attached hydrogens (tertiary/aromatic N) is 1. The molecule has 3 rings (SSSR count). The van der Waals surface area contributed by atoms with Gasteiger partial charge in [0.2, 0.25) is 5.91 Å². The molecule has 2 aliphatic rings. The highest BCUT2D eigenvalue weighted by molar-refractivity contribution is 5.91. The standard InChI is InChI=1S/C16H17F2NO3/c17-16(18)10-19(6-8-21-11-16)15(20)4-2-12-1-3-14-13(9-12)5-7-22-14/h1-4,9H,5-8,10-11H2/b4-2+. The van der Waals surface area contributed by atoms with Gasteiger partial charge < -0.3 is 14.4 Å². The number of hydrogen-bond donors (Lipinski definition) is 0. The van der Waals surface area contributed by atoms with Gasteiger partial charge in [-0.2, -0.15) is 0 Å². The van der Waals surface area contributed by atoms with Crippen LogP contribution in [0.3, 0.4) is 0 Å². The van der Waals surface area contributed by atoms with Gasteiger partial charge in [-0.15, -0.1) is 0 Å². The molecule has 0 spiro atoms. The first-order valence-corrected chi connectivity index (χ1v) is 7.22. The fraction of sp³-hybridized carbons (Fsp3) is 0.438. The Morgan fingerprint density at radius 2 is 2.18 bits per heavy atom. The summed E-state index contributed by atoms with van der Waals surface area (Å²) in [6.07, 6.45) is 3.82. The molecule has 0 atom stereocenters. The minimum absolute atomic E-state index is 0.130. The molecule has 0 aromatic heterocycles. The molecule has 1 aromatic carbocycles. The number of hydrogen-bond acceptors (Lipinski definition) is 3. The van der Waals surface area contributed by atoms with Crippen molar-refractivity contribution in [1.82, 2.24) is 4.90 Å². The zero-order chi connectivity index (χ0) is 15.6. The van der Waals surface area contributed by atoms with E-state index in [2.05, 4.69) is 0 Å². The summed E-state index contributed by atoms with van der Waals surface area (Å²) in [4.78, 5) is 13.2. The molecule has 2 aliphatic heterocycles. The molecular formula is C16H17F2NO3. The Balaban J connectivity index is 1.68. The Morgan fingerprint density at radius 3 is 3.05 bits per heavy atom. The molecule has 1 saturated heterocycles. The largest absolute Gasteiger partial charge is 0.493 e. The number of ether oxygens (including phenoxy) is 2. The summed E-state index contributed by atoms with van der Waals surface area (Å²) in [5, 5.41) is 0. The first-order valence-electron chi connectivity index (χ1n) is 7.22. The molecule has 1 fully saturated rings. The van der Waals surface area contributed by atoms with Crippen LogP contribution >= 0.6 is 0 Å². The highest BCUT2D eigenvalue weighted by Crippen LogP contribution is 2.26. The van der Waals surface area contributed by atoms with E-state index in [1.54, 1.807) is 6.08 Å². The summed E-state index contributed by atoms with van der Waals surface area (Å²) in [6.45, 7) is -0.258. The maximum absolute atomic E-state index is 13.4. The summed E-state index contributed by atoms with van der Waals surface area (Å²) in [5.41, 5.74) is 1.96. The van der Waals surface area contributed by atoms with E-state index in [-0.39, 0.29) is 13.2 Å². The van der Waals surface area contributed by atoms with Crippen LogP contribution in [-0.2, 0) is 16.0 Å². The van der Waals surface area contributed by atoms with Crippen LogP contribution in [0.25, 0.3) is 6.08 Å². The van der Waals surface area contributed by atoms with E-state index < -0.39 is 25.0 Å². The predicted octanol–water partition coefficient (Wildman–Crippen LogP) is 2.13. The molecule has 0 bridgehead atoms. The van der Waals surface area contributed by atoms with Crippen LogP contribution in [0, 0.1) is 0 Å². The van der Waals surface area contributed by atoms with Crippen molar-refractivity contribution in [2.24, 2.45) is 0 Å². The van der Waals surface area contributed by atoms with Gasteiger partial charge >= 0.3 is 0 Å². The Bertz CT molecular complexity index is 601. The van der Waals surface area contributed by atoms with Gasteiger partial charge in [0.15, 0.2) is 0 Å². The molecule has 0 unspecified atom stereocenters. The van der Waals surface area contributed by atoms with Crippen LogP contribution in [0.5, 0.6) is 5.75 Å². The lowest BCUT2D eigenvalue weighted by molar-refractivity contribution is -0.130.